The van der Waals surface area contributed by atoms with Gasteiger partial charge in [0, 0.05) is 27.3 Å². The molecular weight excluding hydrogens is 490 g/mol. The second-order valence-corrected chi connectivity index (χ2v) is 10.9. The lowest BCUT2D eigenvalue weighted by molar-refractivity contribution is 0.648. The highest BCUT2D eigenvalue weighted by molar-refractivity contribution is 6.13. The number of fused-ring (bicyclic) bond motifs is 6. The molecular formula is C36H25N3O. The van der Waals surface area contributed by atoms with Crippen LogP contribution in [0, 0.1) is 0 Å². The van der Waals surface area contributed by atoms with Crippen LogP contribution in [0.1, 0.15) is 25.0 Å². The molecule has 2 heterocycles. The van der Waals surface area contributed by atoms with E-state index in [-0.39, 0.29) is 5.41 Å². The van der Waals surface area contributed by atoms with Crippen molar-refractivity contribution in [2.45, 2.75) is 19.3 Å². The maximum Gasteiger partial charge on any atom is 0.168 e. The van der Waals surface area contributed by atoms with E-state index in [1.807, 2.05) is 72.8 Å². The average molecular weight is 516 g/mol. The van der Waals surface area contributed by atoms with E-state index >= 15 is 0 Å². The first kappa shape index (κ1) is 22.9. The number of hydrogen-bond acceptors (Lipinski definition) is 4. The van der Waals surface area contributed by atoms with Gasteiger partial charge in [-0.05, 0) is 34.4 Å². The lowest BCUT2D eigenvalue weighted by atomic mass is 9.79. The quantitative estimate of drug-likeness (QED) is 0.235. The van der Waals surface area contributed by atoms with Crippen LogP contribution in [0.25, 0.3) is 67.2 Å². The van der Waals surface area contributed by atoms with Crippen LogP contribution >= 0.6 is 0 Å². The van der Waals surface area contributed by atoms with Gasteiger partial charge < -0.3 is 4.42 Å². The highest BCUT2D eigenvalue weighted by atomic mass is 16.3. The molecule has 0 aliphatic heterocycles. The normalized spacial score (nSPS) is 13.4. The molecule has 1 aliphatic carbocycles. The Balaban J connectivity index is 1.53. The molecule has 4 heteroatoms. The van der Waals surface area contributed by atoms with Crippen LogP contribution in [0.15, 0.2) is 120 Å². The number of rotatable bonds is 3. The Bertz CT molecular complexity index is 2020. The zero-order valence-electron chi connectivity index (χ0n) is 22.2. The summed E-state index contributed by atoms with van der Waals surface area (Å²) in [4.78, 5) is 15.2. The summed E-state index contributed by atoms with van der Waals surface area (Å²) < 4.78 is 6.65. The van der Waals surface area contributed by atoms with Crippen LogP contribution < -0.4 is 0 Å². The van der Waals surface area contributed by atoms with E-state index in [2.05, 4.69) is 56.3 Å². The Hall–Kier alpha value is -5.09. The van der Waals surface area contributed by atoms with Gasteiger partial charge in [0.25, 0.3) is 0 Å². The number of nitrogens with zero attached hydrogens (tertiary/aromatic N) is 3. The molecule has 0 spiro atoms. The molecule has 8 rings (SSSR count). The average Bonchev–Trinajstić information content (AvgIpc) is 3.49. The first-order valence-electron chi connectivity index (χ1n) is 13.6. The molecule has 2 aromatic heterocycles. The molecule has 0 atom stereocenters. The van der Waals surface area contributed by atoms with E-state index in [4.69, 9.17) is 19.4 Å². The monoisotopic (exact) mass is 515 g/mol. The van der Waals surface area contributed by atoms with Crippen molar-refractivity contribution < 1.29 is 4.42 Å². The smallest absolute Gasteiger partial charge is 0.168 e. The highest BCUT2D eigenvalue weighted by Crippen LogP contribution is 2.55. The Kier molecular flexibility index (Phi) is 4.83. The fourth-order valence-electron chi connectivity index (χ4n) is 6.25. The molecule has 4 nitrogen and oxygen atoms in total. The molecule has 0 amide bonds. The maximum atomic E-state index is 6.65. The van der Waals surface area contributed by atoms with Gasteiger partial charge in [0.05, 0.1) is 5.56 Å². The third-order valence-electron chi connectivity index (χ3n) is 8.11. The zero-order chi connectivity index (χ0) is 26.8. The van der Waals surface area contributed by atoms with Crippen molar-refractivity contribution in [1.82, 2.24) is 15.0 Å². The predicted molar refractivity (Wildman–Crippen MR) is 161 cm³/mol. The fraction of sp³-hybridized carbons (Fsp3) is 0.0833. The molecule has 0 unspecified atom stereocenters. The molecule has 0 saturated carbocycles. The summed E-state index contributed by atoms with van der Waals surface area (Å²) in [7, 11) is 0. The zero-order valence-corrected chi connectivity index (χ0v) is 22.2. The van der Waals surface area contributed by atoms with Crippen molar-refractivity contribution in [2.24, 2.45) is 0 Å². The summed E-state index contributed by atoms with van der Waals surface area (Å²) in [5.41, 5.74) is 9.14. The van der Waals surface area contributed by atoms with Crippen molar-refractivity contribution in [3.8, 4) is 45.3 Å². The van der Waals surface area contributed by atoms with E-state index < -0.39 is 0 Å². The van der Waals surface area contributed by atoms with E-state index in [9.17, 15) is 0 Å². The van der Waals surface area contributed by atoms with Gasteiger partial charge in [-0.25, -0.2) is 15.0 Å². The van der Waals surface area contributed by atoms with Crippen molar-refractivity contribution in [1.29, 1.82) is 0 Å². The third-order valence-corrected chi connectivity index (χ3v) is 8.11. The summed E-state index contributed by atoms with van der Waals surface area (Å²) in [5, 5.41) is 2.16. The van der Waals surface area contributed by atoms with Crippen molar-refractivity contribution in [2.75, 3.05) is 0 Å². The molecule has 5 aromatic carbocycles. The molecule has 0 radical (unpaired) electrons. The van der Waals surface area contributed by atoms with Gasteiger partial charge in [-0.2, -0.15) is 0 Å². The van der Waals surface area contributed by atoms with Crippen LogP contribution in [0.2, 0.25) is 0 Å². The van der Waals surface area contributed by atoms with Gasteiger partial charge in [0.15, 0.2) is 17.5 Å². The molecule has 0 N–H and O–H groups in total. The number of hydrogen-bond donors (Lipinski definition) is 0. The van der Waals surface area contributed by atoms with Crippen molar-refractivity contribution in [3.63, 3.8) is 0 Å². The fourth-order valence-corrected chi connectivity index (χ4v) is 6.25. The Labute approximate surface area is 232 Å². The Morgan fingerprint density at radius 1 is 0.550 bits per heavy atom. The van der Waals surface area contributed by atoms with E-state index in [0.717, 1.165) is 38.6 Å². The third kappa shape index (κ3) is 3.29. The number of furan rings is 1. The minimum atomic E-state index is -0.277. The van der Waals surface area contributed by atoms with Gasteiger partial charge in [0.2, 0.25) is 0 Å². The van der Waals surface area contributed by atoms with Crippen LogP contribution in [0.3, 0.4) is 0 Å². The van der Waals surface area contributed by atoms with Crippen LogP contribution in [0.4, 0.5) is 0 Å². The van der Waals surface area contributed by atoms with Crippen molar-refractivity contribution in [3.05, 3.63) is 126 Å². The number of benzene rings is 5. The lowest BCUT2D eigenvalue weighted by Crippen LogP contribution is -2.17. The maximum absolute atomic E-state index is 6.65. The largest absolute Gasteiger partial charge is 0.455 e. The molecule has 1 aliphatic rings. The summed E-state index contributed by atoms with van der Waals surface area (Å²) in [6.07, 6.45) is 0. The Morgan fingerprint density at radius 3 is 1.82 bits per heavy atom. The van der Waals surface area contributed by atoms with Gasteiger partial charge in [0.1, 0.15) is 11.2 Å². The summed E-state index contributed by atoms with van der Waals surface area (Å²) >= 11 is 0. The molecule has 0 saturated heterocycles. The second kappa shape index (κ2) is 8.45. The number of para-hydroxylation sites is 1. The molecule has 40 heavy (non-hydrogen) atoms. The van der Waals surface area contributed by atoms with E-state index in [1.54, 1.807) is 0 Å². The topological polar surface area (TPSA) is 51.8 Å². The lowest BCUT2D eigenvalue weighted by Gasteiger charge is -2.24. The SMILES string of the molecule is CC1(C)c2ccccc2-c2cc3c(oc4ccccc43)c(-c3nc(-c4ccccc4)nc(-c4ccccc4)n3)c21. The standard InChI is InChI=1S/C36H25N3O/c1-36(2)28-19-11-9-17-24(28)26-21-27-25-18-10-12-20-29(25)40-32(27)30(31(26)36)35-38-33(22-13-5-3-6-14-22)37-34(39-35)23-15-7-4-8-16-23/h3-21H,1-2H3. The first-order valence-corrected chi connectivity index (χ1v) is 13.6. The summed E-state index contributed by atoms with van der Waals surface area (Å²) in [6, 6.07) is 39.4. The molecule has 0 fully saturated rings. The minimum absolute atomic E-state index is 0.277. The summed E-state index contributed by atoms with van der Waals surface area (Å²) in [6.45, 7) is 4.57. The highest BCUT2D eigenvalue weighted by Gasteiger charge is 2.40. The van der Waals surface area contributed by atoms with Crippen molar-refractivity contribution >= 4 is 21.9 Å². The van der Waals surface area contributed by atoms with Gasteiger partial charge in [-0.3, -0.25) is 0 Å². The van der Waals surface area contributed by atoms with Gasteiger partial charge >= 0.3 is 0 Å². The number of aromatic nitrogens is 3. The van der Waals surface area contributed by atoms with Gasteiger partial charge in [-0.15, -0.1) is 0 Å². The van der Waals surface area contributed by atoms with Crippen LogP contribution in [0.5, 0.6) is 0 Å². The second-order valence-electron chi connectivity index (χ2n) is 10.9. The van der Waals surface area contributed by atoms with E-state index in [0.29, 0.717) is 17.5 Å². The minimum Gasteiger partial charge on any atom is -0.455 e. The Morgan fingerprint density at radius 2 is 1.12 bits per heavy atom. The van der Waals surface area contributed by atoms with E-state index in [1.165, 1.54) is 22.3 Å². The predicted octanol–water partition coefficient (Wildman–Crippen LogP) is 9.08. The molecule has 190 valence electrons. The van der Waals surface area contributed by atoms with Crippen LogP contribution in [-0.2, 0) is 5.41 Å². The molecule has 0 bridgehead atoms. The van der Waals surface area contributed by atoms with Gasteiger partial charge in [-0.1, -0.05) is 117 Å². The van der Waals surface area contributed by atoms with Crippen LogP contribution in [-0.4, -0.2) is 15.0 Å². The molecule has 7 aromatic rings. The first-order chi connectivity index (χ1) is 19.6. The summed E-state index contributed by atoms with van der Waals surface area (Å²) in [5.74, 6) is 1.90.